The largest absolute Gasteiger partial charge is 0.354 e. The summed E-state index contributed by atoms with van der Waals surface area (Å²) in [7, 11) is -3.05. The van der Waals surface area contributed by atoms with Gasteiger partial charge in [-0.15, -0.1) is 0 Å². The first-order chi connectivity index (χ1) is 4.68. The normalized spacial score (nSPS) is 11.4. The molecule has 0 aliphatic heterocycles. The Morgan fingerprint density at radius 3 is 2.00 bits per heavy atom. The van der Waals surface area contributed by atoms with E-state index in [1.807, 2.05) is 0 Å². The molecule has 0 atom stereocenters. The molecule has 0 amide bonds. The quantitative estimate of drug-likeness (QED) is 0.583. The molecule has 0 aromatic rings. The molecule has 0 aromatic carbocycles. The summed E-state index contributed by atoms with van der Waals surface area (Å²) in [5, 5.41) is 0. The highest BCUT2D eigenvalue weighted by Crippen LogP contribution is 2.48. The van der Waals surface area contributed by atoms with Gasteiger partial charge in [0.05, 0.1) is 13.2 Å². The molecule has 0 N–H and O–H groups in total. The van der Waals surface area contributed by atoms with E-state index < -0.39 is 7.60 Å². The predicted molar refractivity (Wildman–Crippen MR) is 39.7 cm³/mol. The zero-order chi connectivity index (χ0) is 8.04. The molecular weight excluding hydrogens is 151 g/mol. The standard InChI is InChI=1S/C6H12O3P/c1-4-8-10(7,6-3)9-5-2/h3,6H,4-5H2,1-2H3. The molecule has 0 aliphatic carbocycles. The maximum absolute atomic E-state index is 11.2. The van der Waals surface area contributed by atoms with Gasteiger partial charge in [0.15, 0.2) is 0 Å². The topological polar surface area (TPSA) is 35.5 Å². The van der Waals surface area contributed by atoms with Gasteiger partial charge in [0.25, 0.3) is 0 Å². The number of hydrogen-bond donors (Lipinski definition) is 0. The summed E-state index contributed by atoms with van der Waals surface area (Å²) in [5.41, 5.74) is 0. The molecule has 0 saturated carbocycles. The highest BCUT2D eigenvalue weighted by molar-refractivity contribution is 7.57. The summed E-state index contributed by atoms with van der Waals surface area (Å²) >= 11 is 0. The zero-order valence-electron chi connectivity index (χ0n) is 6.24. The molecule has 1 radical (unpaired) electrons. The Balaban J connectivity index is 3.95. The van der Waals surface area contributed by atoms with Gasteiger partial charge in [-0.05, 0) is 13.8 Å². The molecule has 0 unspecified atom stereocenters. The fraction of sp³-hybridized carbons (Fsp3) is 0.667. The van der Waals surface area contributed by atoms with Gasteiger partial charge in [-0.3, -0.25) is 4.57 Å². The first-order valence-corrected chi connectivity index (χ1v) is 4.74. The van der Waals surface area contributed by atoms with Crippen molar-refractivity contribution in [3.8, 4) is 0 Å². The van der Waals surface area contributed by atoms with Crippen LogP contribution in [0.3, 0.4) is 0 Å². The molecule has 0 saturated heterocycles. The van der Waals surface area contributed by atoms with E-state index in [4.69, 9.17) is 15.6 Å². The average Bonchev–Trinajstić information content (AvgIpc) is 1.89. The lowest BCUT2D eigenvalue weighted by molar-refractivity contribution is 0.229. The van der Waals surface area contributed by atoms with Crippen molar-refractivity contribution in [1.82, 2.24) is 0 Å². The van der Waals surface area contributed by atoms with Crippen LogP contribution in [0.5, 0.6) is 0 Å². The van der Waals surface area contributed by atoms with E-state index in [0.717, 1.165) is 5.82 Å². The minimum absolute atomic E-state index is 0.338. The van der Waals surface area contributed by atoms with E-state index in [2.05, 4.69) is 0 Å². The minimum atomic E-state index is -3.05. The van der Waals surface area contributed by atoms with Crippen molar-refractivity contribution in [2.24, 2.45) is 0 Å². The van der Waals surface area contributed by atoms with Crippen LogP contribution >= 0.6 is 7.60 Å². The lowest BCUT2D eigenvalue weighted by atomic mass is 10.9. The Morgan fingerprint density at radius 1 is 1.40 bits per heavy atom. The molecule has 10 heavy (non-hydrogen) atoms. The second-order valence-corrected chi connectivity index (χ2v) is 3.42. The zero-order valence-corrected chi connectivity index (χ0v) is 7.14. The van der Waals surface area contributed by atoms with Gasteiger partial charge in [-0.25, -0.2) is 0 Å². The smallest absolute Gasteiger partial charge is 0.306 e. The highest BCUT2D eigenvalue weighted by Gasteiger charge is 2.16. The molecular formula is C6H12O3P. The Bertz CT molecular complexity index is 134. The van der Waals surface area contributed by atoms with Crippen LogP contribution < -0.4 is 0 Å². The monoisotopic (exact) mass is 163 g/mol. The van der Waals surface area contributed by atoms with Crippen LogP contribution in [-0.2, 0) is 13.6 Å². The summed E-state index contributed by atoms with van der Waals surface area (Å²) in [5.74, 6) is 0.972. The van der Waals surface area contributed by atoms with E-state index in [1.54, 1.807) is 13.8 Å². The van der Waals surface area contributed by atoms with Crippen molar-refractivity contribution < 1.29 is 13.6 Å². The summed E-state index contributed by atoms with van der Waals surface area (Å²) in [6.07, 6.45) is 0. The Morgan fingerprint density at radius 2 is 1.80 bits per heavy atom. The Labute approximate surface area is 61.6 Å². The van der Waals surface area contributed by atoms with Crippen molar-refractivity contribution in [1.29, 1.82) is 0 Å². The van der Waals surface area contributed by atoms with Crippen molar-refractivity contribution in [2.75, 3.05) is 13.2 Å². The van der Waals surface area contributed by atoms with Gasteiger partial charge in [0, 0.05) is 5.82 Å². The van der Waals surface area contributed by atoms with Crippen LogP contribution in [0.2, 0.25) is 0 Å². The van der Waals surface area contributed by atoms with Crippen LogP contribution in [0.15, 0.2) is 5.82 Å². The van der Waals surface area contributed by atoms with Gasteiger partial charge in [-0.2, -0.15) is 0 Å². The van der Waals surface area contributed by atoms with Gasteiger partial charge in [0.1, 0.15) is 0 Å². The molecule has 0 heterocycles. The van der Waals surface area contributed by atoms with Gasteiger partial charge < -0.3 is 9.05 Å². The summed E-state index contributed by atoms with van der Waals surface area (Å²) in [4.78, 5) is 0. The van der Waals surface area contributed by atoms with E-state index in [0.29, 0.717) is 13.2 Å². The Kier molecular flexibility index (Phi) is 4.62. The van der Waals surface area contributed by atoms with E-state index in [9.17, 15) is 4.57 Å². The third-order valence-electron chi connectivity index (χ3n) is 0.801. The molecule has 59 valence electrons. The fourth-order valence-electron chi connectivity index (χ4n) is 0.483. The number of hydrogen-bond acceptors (Lipinski definition) is 3. The molecule has 0 fully saturated rings. The molecule has 3 nitrogen and oxygen atoms in total. The summed E-state index contributed by atoms with van der Waals surface area (Å²) in [6.45, 7) is 9.18. The predicted octanol–water partition coefficient (Wildman–Crippen LogP) is 2.20. The second kappa shape index (κ2) is 4.67. The molecule has 0 rings (SSSR count). The molecule has 4 heteroatoms. The summed E-state index contributed by atoms with van der Waals surface area (Å²) < 4.78 is 20.7. The van der Waals surface area contributed by atoms with Crippen LogP contribution in [0.1, 0.15) is 13.8 Å². The minimum Gasteiger partial charge on any atom is -0.306 e. The van der Waals surface area contributed by atoms with Crippen LogP contribution in [-0.4, -0.2) is 13.2 Å². The molecule has 0 aliphatic rings. The van der Waals surface area contributed by atoms with Crippen LogP contribution in [0.4, 0.5) is 0 Å². The van der Waals surface area contributed by atoms with Gasteiger partial charge in [-0.1, -0.05) is 6.58 Å². The molecule has 0 bridgehead atoms. The molecule has 0 aromatic heterocycles. The first kappa shape index (κ1) is 9.89. The van der Waals surface area contributed by atoms with Crippen molar-refractivity contribution in [3.05, 3.63) is 12.4 Å². The maximum atomic E-state index is 11.2. The van der Waals surface area contributed by atoms with E-state index in [-0.39, 0.29) is 0 Å². The van der Waals surface area contributed by atoms with Gasteiger partial charge in [0.2, 0.25) is 0 Å². The molecule has 0 spiro atoms. The van der Waals surface area contributed by atoms with Crippen LogP contribution in [0, 0.1) is 6.58 Å². The average molecular weight is 163 g/mol. The third kappa shape index (κ3) is 3.16. The van der Waals surface area contributed by atoms with Crippen molar-refractivity contribution in [3.63, 3.8) is 0 Å². The highest BCUT2D eigenvalue weighted by atomic mass is 31.2. The van der Waals surface area contributed by atoms with Crippen LogP contribution in [0.25, 0.3) is 0 Å². The lowest BCUT2D eigenvalue weighted by Gasteiger charge is -2.11. The summed E-state index contributed by atoms with van der Waals surface area (Å²) in [6, 6.07) is 0. The number of rotatable bonds is 5. The SMILES string of the molecule is [CH]=CP(=O)(OCC)OCC. The second-order valence-electron chi connectivity index (χ2n) is 1.52. The van der Waals surface area contributed by atoms with Crippen molar-refractivity contribution >= 4 is 7.60 Å². The first-order valence-electron chi connectivity index (χ1n) is 3.13. The lowest BCUT2D eigenvalue weighted by Crippen LogP contribution is -1.91. The maximum Gasteiger partial charge on any atom is 0.354 e. The van der Waals surface area contributed by atoms with Crippen molar-refractivity contribution in [2.45, 2.75) is 13.8 Å². The third-order valence-corrected chi connectivity index (χ3v) is 2.40. The van der Waals surface area contributed by atoms with Gasteiger partial charge >= 0.3 is 7.60 Å². The van der Waals surface area contributed by atoms with E-state index >= 15 is 0 Å². The van der Waals surface area contributed by atoms with E-state index in [1.165, 1.54) is 0 Å². The Hall–Kier alpha value is -0.110. The fourth-order valence-corrected chi connectivity index (χ4v) is 1.45.